The molecule has 0 N–H and O–H groups in total. The Morgan fingerprint density at radius 2 is 1.78 bits per heavy atom. The number of halogens is 1. The predicted octanol–water partition coefficient (Wildman–Crippen LogP) is 3.48. The Hall–Kier alpha value is -0.0562. The van der Waals surface area contributed by atoms with Crippen LogP contribution in [0.15, 0.2) is 18.2 Å². The SMILES string of the molecule is Cc1cc([Si]C(Cl)CC(C)C)cc([Si](C)(C)C)c1. The largest absolute Gasteiger partial charge is 0.127 e. The molecule has 0 amide bonds. The summed E-state index contributed by atoms with van der Waals surface area (Å²) >= 11 is 6.45. The van der Waals surface area contributed by atoms with Gasteiger partial charge in [-0.05, 0) is 19.3 Å². The second kappa shape index (κ2) is 6.40. The van der Waals surface area contributed by atoms with Crippen molar-refractivity contribution in [2.75, 3.05) is 0 Å². The lowest BCUT2D eigenvalue weighted by Gasteiger charge is -2.19. The topological polar surface area (TPSA) is 0 Å². The number of hydrogen-bond donors (Lipinski definition) is 0. The molecule has 0 bridgehead atoms. The van der Waals surface area contributed by atoms with E-state index in [1.54, 1.807) is 5.19 Å². The van der Waals surface area contributed by atoms with Crippen LogP contribution >= 0.6 is 11.6 Å². The van der Waals surface area contributed by atoms with Gasteiger partial charge < -0.3 is 0 Å². The van der Waals surface area contributed by atoms with Crippen molar-refractivity contribution in [2.24, 2.45) is 5.92 Å². The smallest absolute Gasteiger partial charge is 0.103 e. The van der Waals surface area contributed by atoms with Crippen LogP contribution in [0.5, 0.6) is 0 Å². The van der Waals surface area contributed by atoms with Crippen LogP contribution in [0, 0.1) is 12.8 Å². The van der Waals surface area contributed by atoms with Crippen LogP contribution in [0.4, 0.5) is 0 Å². The average Bonchev–Trinajstić information content (AvgIpc) is 2.13. The highest BCUT2D eigenvalue weighted by molar-refractivity contribution is 6.89. The molecule has 0 nitrogen and oxygen atoms in total. The molecule has 1 atom stereocenters. The summed E-state index contributed by atoms with van der Waals surface area (Å²) < 4.78 is 0. The van der Waals surface area contributed by atoms with Crippen molar-refractivity contribution in [2.45, 2.75) is 51.8 Å². The molecule has 18 heavy (non-hydrogen) atoms. The van der Waals surface area contributed by atoms with Crippen LogP contribution in [-0.4, -0.2) is 22.6 Å². The predicted molar refractivity (Wildman–Crippen MR) is 88.6 cm³/mol. The van der Waals surface area contributed by atoms with E-state index in [2.05, 4.69) is 58.6 Å². The van der Waals surface area contributed by atoms with Crippen LogP contribution in [0.2, 0.25) is 19.6 Å². The molecule has 0 saturated heterocycles. The Kier molecular flexibility index (Phi) is 5.69. The summed E-state index contributed by atoms with van der Waals surface area (Å²) in [5, 5.41) is 3.28. The third-order valence-corrected chi connectivity index (χ3v) is 6.64. The van der Waals surface area contributed by atoms with Gasteiger partial charge in [-0.3, -0.25) is 0 Å². The summed E-state index contributed by atoms with van der Waals surface area (Å²) in [5.41, 5.74) is 1.38. The minimum Gasteiger partial charge on any atom is -0.127 e. The molecule has 2 radical (unpaired) electrons. The molecule has 1 rings (SSSR count). The van der Waals surface area contributed by atoms with Crippen LogP contribution in [0.1, 0.15) is 25.8 Å². The highest BCUT2D eigenvalue weighted by Gasteiger charge is 2.18. The first kappa shape index (κ1) is 16.0. The third kappa shape index (κ3) is 5.29. The van der Waals surface area contributed by atoms with Crippen molar-refractivity contribution in [1.29, 1.82) is 0 Å². The van der Waals surface area contributed by atoms with E-state index in [0.717, 1.165) is 15.9 Å². The van der Waals surface area contributed by atoms with Gasteiger partial charge in [-0.25, -0.2) is 0 Å². The summed E-state index contributed by atoms with van der Waals surface area (Å²) in [6, 6.07) is 7.05. The third-order valence-electron chi connectivity index (χ3n) is 2.95. The molecule has 1 unspecified atom stereocenters. The number of hydrogen-bond acceptors (Lipinski definition) is 0. The minimum absolute atomic E-state index is 0.293. The zero-order valence-corrected chi connectivity index (χ0v) is 15.2. The zero-order valence-electron chi connectivity index (χ0n) is 12.5. The summed E-state index contributed by atoms with van der Waals surface area (Å²) in [6.07, 6.45) is 1.11. The Morgan fingerprint density at radius 1 is 1.17 bits per heavy atom. The fourth-order valence-corrected chi connectivity index (χ4v) is 5.58. The Bertz CT molecular complexity index is 394. The van der Waals surface area contributed by atoms with Gasteiger partial charge >= 0.3 is 0 Å². The van der Waals surface area contributed by atoms with Gasteiger partial charge in [0.25, 0.3) is 0 Å². The minimum atomic E-state index is -1.22. The van der Waals surface area contributed by atoms with Crippen LogP contribution in [-0.2, 0) is 0 Å². The maximum Gasteiger partial charge on any atom is 0.103 e. The van der Waals surface area contributed by atoms with Gasteiger partial charge in [0, 0.05) is 5.00 Å². The second-order valence-corrected chi connectivity index (χ2v) is 14.1. The molecule has 0 aromatic heterocycles. The normalized spacial score (nSPS) is 14.0. The first-order chi connectivity index (χ1) is 8.18. The lowest BCUT2D eigenvalue weighted by Crippen LogP contribution is -2.41. The summed E-state index contributed by atoms with van der Waals surface area (Å²) in [7, 11) is -0.487. The number of rotatable bonds is 5. The fourth-order valence-electron chi connectivity index (χ4n) is 1.95. The molecule has 0 fully saturated rings. The van der Waals surface area contributed by atoms with Gasteiger partial charge in [-0.15, -0.1) is 11.6 Å². The van der Waals surface area contributed by atoms with E-state index in [1.807, 2.05) is 0 Å². The van der Waals surface area contributed by atoms with Gasteiger partial charge in [0.2, 0.25) is 0 Å². The number of alkyl halides is 1. The maximum atomic E-state index is 6.45. The number of benzene rings is 1. The van der Waals surface area contributed by atoms with Gasteiger partial charge in [0.05, 0.1) is 8.07 Å². The molecule has 0 aliphatic carbocycles. The quantitative estimate of drug-likeness (QED) is 0.576. The standard InChI is InChI=1S/C15H25ClSi2/c1-11(2)7-15(16)17-13-8-12(3)9-14(10-13)18(4,5)6/h8-11,15H,7H2,1-6H3. The molecule has 100 valence electrons. The number of aryl methyl sites for hydroxylation is 1. The van der Waals surface area contributed by atoms with Crippen LogP contribution in [0.3, 0.4) is 0 Å². The van der Waals surface area contributed by atoms with Crippen molar-refractivity contribution in [3.8, 4) is 0 Å². The highest BCUT2D eigenvalue weighted by atomic mass is 35.5. The zero-order chi connectivity index (χ0) is 13.9. The first-order valence-electron chi connectivity index (χ1n) is 6.71. The van der Waals surface area contributed by atoms with E-state index in [4.69, 9.17) is 11.6 Å². The summed E-state index contributed by atoms with van der Waals surface area (Å²) in [4.78, 5) is 0. The van der Waals surface area contributed by atoms with E-state index < -0.39 is 8.07 Å². The molecule has 0 saturated carbocycles. The Labute approximate surface area is 121 Å². The van der Waals surface area contributed by atoms with Crippen molar-refractivity contribution in [3.05, 3.63) is 23.8 Å². The fraction of sp³-hybridized carbons (Fsp3) is 0.600. The molecule has 1 aromatic carbocycles. The van der Waals surface area contributed by atoms with Crippen LogP contribution < -0.4 is 10.4 Å². The van der Waals surface area contributed by atoms with Crippen molar-refractivity contribution in [3.63, 3.8) is 0 Å². The molecule has 3 heteroatoms. The van der Waals surface area contributed by atoms with Gasteiger partial charge in [0.1, 0.15) is 9.52 Å². The van der Waals surface area contributed by atoms with E-state index in [1.165, 1.54) is 10.8 Å². The Balaban J connectivity index is 2.87. The van der Waals surface area contributed by atoms with Crippen molar-refractivity contribution < 1.29 is 0 Å². The van der Waals surface area contributed by atoms with Gasteiger partial charge in [-0.1, -0.05) is 67.6 Å². The van der Waals surface area contributed by atoms with E-state index >= 15 is 0 Å². The van der Waals surface area contributed by atoms with Gasteiger partial charge in [0.15, 0.2) is 0 Å². The second-order valence-electron chi connectivity index (χ2n) is 6.58. The molecule has 0 aliphatic heterocycles. The lowest BCUT2D eigenvalue weighted by molar-refractivity contribution is 0.613. The van der Waals surface area contributed by atoms with Crippen molar-refractivity contribution in [1.82, 2.24) is 0 Å². The molecule has 0 aliphatic rings. The Morgan fingerprint density at radius 3 is 2.28 bits per heavy atom. The molecular formula is C15H25ClSi2. The van der Waals surface area contributed by atoms with Crippen LogP contribution in [0.25, 0.3) is 0 Å². The van der Waals surface area contributed by atoms with E-state index in [-0.39, 0.29) is 0 Å². The summed E-state index contributed by atoms with van der Waals surface area (Å²) in [5.74, 6) is 0.682. The monoisotopic (exact) mass is 296 g/mol. The molecule has 1 aromatic rings. The molecular weight excluding hydrogens is 272 g/mol. The first-order valence-corrected chi connectivity index (χ1v) is 11.7. The van der Waals surface area contributed by atoms with Crippen molar-refractivity contribution >= 4 is 39.6 Å². The maximum absolute atomic E-state index is 6.45. The summed E-state index contributed by atoms with van der Waals surface area (Å²) in [6.45, 7) is 13.9. The average molecular weight is 297 g/mol. The molecule has 0 spiro atoms. The molecule has 0 heterocycles. The van der Waals surface area contributed by atoms with E-state index in [0.29, 0.717) is 10.9 Å². The van der Waals surface area contributed by atoms with E-state index in [9.17, 15) is 0 Å². The van der Waals surface area contributed by atoms with Gasteiger partial charge in [-0.2, -0.15) is 0 Å². The lowest BCUT2D eigenvalue weighted by atomic mass is 10.2. The highest BCUT2D eigenvalue weighted by Crippen LogP contribution is 2.10.